The molecular weight excluding hydrogens is 200 g/mol. The summed E-state index contributed by atoms with van der Waals surface area (Å²) in [5.41, 5.74) is -0.468. The van der Waals surface area contributed by atoms with Crippen LogP contribution >= 0.6 is 0 Å². The third kappa shape index (κ3) is 2.11. The van der Waals surface area contributed by atoms with E-state index in [1.165, 1.54) is 25.7 Å². The van der Waals surface area contributed by atoms with Crippen LogP contribution in [0.2, 0.25) is 0 Å². The normalized spacial score (nSPS) is 36.2. The highest BCUT2D eigenvalue weighted by atomic mass is 16.4. The second kappa shape index (κ2) is 4.38. The van der Waals surface area contributed by atoms with E-state index in [4.69, 9.17) is 0 Å². The van der Waals surface area contributed by atoms with Gasteiger partial charge in [0.25, 0.3) is 0 Å². The highest BCUT2D eigenvalue weighted by Gasteiger charge is 2.44. The van der Waals surface area contributed by atoms with E-state index in [1.54, 1.807) is 0 Å². The standard InChI is InChI=1S/C14H24O2/c1-3-6-14(2,13(15)16)9-12-8-10-4-5-11(12)7-10/h10-12H,3-9H2,1-2H3,(H,15,16). The van der Waals surface area contributed by atoms with Gasteiger partial charge in [0.2, 0.25) is 0 Å². The van der Waals surface area contributed by atoms with Gasteiger partial charge in [0, 0.05) is 0 Å². The van der Waals surface area contributed by atoms with Gasteiger partial charge in [-0.3, -0.25) is 4.79 Å². The molecule has 1 N–H and O–H groups in total. The Labute approximate surface area is 98.4 Å². The van der Waals surface area contributed by atoms with Crippen LogP contribution in [-0.4, -0.2) is 11.1 Å². The van der Waals surface area contributed by atoms with Crippen molar-refractivity contribution in [2.75, 3.05) is 0 Å². The smallest absolute Gasteiger partial charge is 0.309 e. The van der Waals surface area contributed by atoms with E-state index in [2.05, 4.69) is 6.92 Å². The van der Waals surface area contributed by atoms with Gasteiger partial charge < -0.3 is 5.11 Å². The Bertz CT molecular complexity index is 274. The predicted octanol–water partition coefficient (Wildman–Crippen LogP) is 3.70. The maximum atomic E-state index is 11.4. The number of hydrogen-bond acceptors (Lipinski definition) is 1. The maximum absolute atomic E-state index is 11.4. The van der Waals surface area contributed by atoms with Gasteiger partial charge >= 0.3 is 5.97 Å². The SMILES string of the molecule is CCCC(C)(CC1CC2CCC1C2)C(=O)O. The molecule has 0 saturated heterocycles. The van der Waals surface area contributed by atoms with E-state index >= 15 is 0 Å². The monoisotopic (exact) mass is 224 g/mol. The Hall–Kier alpha value is -0.530. The largest absolute Gasteiger partial charge is 0.481 e. The molecule has 2 heteroatoms. The maximum Gasteiger partial charge on any atom is 0.309 e. The van der Waals surface area contributed by atoms with Gasteiger partial charge in [-0.15, -0.1) is 0 Å². The lowest BCUT2D eigenvalue weighted by Gasteiger charge is -2.31. The first-order valence-corrected chi connectivity index (χ1v) is 6.78. The summed E-state index contributed by atoms with van der Waals surface area (Å²) < 4.78 is 0. The van der Waals surface area contributed by atoms with Gasteiger partial charge in [0.05, 0.1) is 5.41 Å². The molecule has 16 heavy (non-hydrogen) atoms. The van der Waals surface area contributed by atoms with Gasteiger partial charge in [-0.05, 0) is 56.8 Å². The van der Waals surface area contributed by atoms with Crippen LogP contribution in [0.25, 0.3) is 0 Å². The van der Waals surface area contributed by atoms with Crippen molar-refractivity contribution < 1.29 is 9.90 Å². The average molecular weight is 224 g/mol. The predicted molar refractivity (Wildman–Crippen MR) is 64.2 cm³/mol. The molecule has 2 aliphatic rings. The summed E-state index contributed by atoms with van der Waals surface area (Å²) in [7, 11) is 0. The van der Waals surface area contributed by atoms with E-state index in [-0.39, 0.29) is 0 Å². The Morgan fingerprint density at radius 1 is 1.38 bits per heavy atom. The molecule has 92 valence electrons. The van der Waals surface area contributed by atoms with Gasteiger partial charge in [-0.1, -0.05) is 19.8 Å². The second-order valence-electron chi connectivity index (χ2n) is 6.25. The van der Waals surface area contributed by atoms with Gasteiger partial charge in [-0.25, -0.2) is 0 Å². The molecule has 0 aromatic heterocycles. The fourth-order valence-corrected chi connectivity index (χ4v) is 4.05. The zero-order chi connectivity index (χ0) is 11.8. The summed E-state index contributed by atoms with van der Waals surface area (Å²) in [4.78, 5) is 11.4. The lowest BCUT2D eigenvalue weighted by molar-refractivity contribution is -0.149. The van der Waals surface area contributed by atoms with E-state index in [1.807, 2.05) is 6.92 Å². The number of rotatable bonds is 5. The van der Waals surface area contributed by atoms with E-state index in [0.29, 0.717) is 5.92 Å². The third-order valence-electron chi connectivity index (χ3n) is 4.92. The summed E-state index contributed by atoms with van der Waals surface area (Å²) in [6.45, 7) is 4.03. The molecule has 4 unspecified atom stereocenters. The van der Waals surface area contributed by atoms with Gasteiger partial charge in [0.1, 0.15) is 0 Å². The molecule has 2 saturated carbocycles. The van der Waals surface area contributed by atoms with E-state index in [9.17, 15) is 9.90 Å². The molecular formula is C14H24O2. The Balaban J connectivity index is 1.98. The van der Waals surface area contributed by atoms with Gasteiger partial charge in [0.15, 0.2) is 0 Å². The van der Waals surface area contributed by atoms with Crippen LogP contribution in [0, 0.1) is 23.2 Å². The van der Waals surface area contributed by atoms with Crippen molar-refractivity contribution in [3.63, 3.8) is 0 Å². The zero-order valence-electron chi connectivity index (χ0n) is 10.5. The molecule has 0 radical (unpaired) electrons. The minimum Gasteiger partial charge on any atom is -0.481 e. The first-order valence-electron chi connectivity index (χ1n) is 6.78. The molecule has 0 aromatic rings. The van der Waals surface area contributed by atoms with Crippen LogP contribution in [0.1, 0.15) is 58.8 Å². The summed E-state index contributed by atoms with van der Waals surface area (Å²) in [6, 6.07) is 0. The highest BCUT2D eigenvalue weighted by molar-refractivity contribution is 5.74. The summed E-state index contributed by atoms with van der Waals surface area (Å²) in [6.07, 6.45) is 8.16. The summed E-state index contributed by atoms with van der Waals surface area (Å²) in [5, 5.41) is 9.39. The molecule has 2 nitrogen and oxygen atoms in total. The van der Waals surface area contributed by atoms with Crippen molar-refractivity contribution in [3.8, 4) is 0 Å². The number of carboxylic acids is 1. The van der Waals surface area contributed by atoms with Crippen LogP contribution in [0.4, 0.5) is 0 Å². The summed E-state index contributed by atoms with van der Waals surface area (Å²) >= 11 is 0. The van der Waals surface area contributed by atoms with Crippen LogP contribution < -0.4 is 0 Å². The fraction of sp³-hybridized carbons (Fsp3) is 0.929. The number of carboxylic acid groups (broad SMARTS) is 1. The first kappa shape index (κ1) is 11.9. The number of hydrogen-bond donors (Lipinski definition) is 1. The van der Waals surface area contributed by atoms with Crippen molar-refractivity contribution in [3.05, 3.63) is 0 Å². The van der Waals surface area contributed by atoms with Crippen LogP contribution in [0.3, 0.4) is 0 Å². The lowest BCUT2D eigenvalue weighted by Crippen LogP contribution is -2.31. The fourth-order valence-electron chi connectivity index (χ4n) is 4.05. The molecule has 2 aliphatic carbocycles. The Kier molecular flexibility index (Phi) is 3.27. The zero-order valence-corrected chi connectivity index (χ0v) is 10.5. The molecule has 0 spiro atoms. The van der Waals surface area contributed by atoms with Crippen molar-refractivity contribution in [2.45, 2.75) is 58.8 Å². The number of carbonyl (C=O) groups is 1. The molecule has 2 bridgehead atoms. The minimum atomic E-state index is -0.586. The molecule has 0 amide bonds. The molecule has 4 atom stereocenters. The second-order valence-corrected chi connectivity index (χ2v) is 6.25. The Morgan fingerprint density at radius 2 is 2.12 bits per heavy atom. The molecule has 0 aromatic carbocycles. The van der Waals surface area contributed by atoms with Crippen molar-refractivity contribution in [1.29, 1.82) is 0 Å². The van der Waals surface area contributed by atoms with Gasteiger partial charge in [-0.2, -0.15) is 0 Å². The minimum absolute atomic E-state index is 0.468. The topological polar surface area (TPSA) is 37.3 Å². The quantitative estimate of drug-likeness (QED) is 0.773. The van der Waals surface area contributed by atoms with Crippen LogP contribution in [0.15, 0.2) is 0 Å². The van der Waals surface area contributed by atoms with Crippen molar-refractivity contribution in [2.24, 2.45) is 23.2 Å². The van der Waals surface area contributed by atoms with Crippen molar-refractivity contribution in [1.82, 2.24) is 0 Å². The molecule has 2 rings (SSSR count). The number of aliphatic carboxylic acids is 1. The molecule has 0 aliphatic heterocycles. The summed E-state index contributed by atoms with van der Waals surface area (Å²) in [5.74, 6) is 1.89. The Morgan fingerprint density at radius 3 is 2.56 bits per heavy atom. The third-order valence-corrected chi connectivity index (χ3v) is 4.92. The van der Waals surface area contributed by atoms with Crippen LogP contribution in [-0.2, 0) is 4.79 Å². The van der Waals surface area contributed by atoms with Crippen LogP contribution in [0.5, 0.6) is 0 Å². The lowest BCUT2D eigenvalue weighted by atomic mass is 9.73. The first-order chi connectivity index (χ1) is 7.55. The average Bonchev–Trinajstić information content (AvgIpc) is 2.79. The number of fused-ring (bicyclic) bond motifs is 2. The van der Waals surface area contributed by atoms with E-state index < -0.39 is 11.4 Å². The van der Waals surface area contributed by atoms with E-state index in [0.717, 1.165) is 31.1 Å². The molecule has 2 fully saturated rings. The van der Waals surface area contributed by atoms with Crippen molar-refractivity contribution >= 4 is 5.97 Å². The highest BCUT2D eigenvalue weighted by Crippen LogP contribution is 2.52. The molecule has 0 heterocycles.